The molecule has 0 radical (unpaired) electrons. The average molecular weight is 403 g/mol. The number of fused-ring (bicyclic) bond motifs is 1. The van der Waals surface area contributed by atoms with Crippen LogP contribution in [-0.2, 0) is 12.8 Å². The van der Waals surface area contributed by atoms with E-state index in [9.17, 15) is 4.79 Å². The lowest BCUT2D eigenvalue weighted by molar-refractivity contribution is 0.0926. The van der Waals surface area contributed by atoms with Crippen molar-refractivity contribution in [3.8, 4) is 5.69 Å². The van der Waals surface area contributed by atoms with Gasteiger partial charge in [-0.15, -0.1) is 0 Å². The number of carbonyl (C=O) groups is 1. The number of anilines is 1. The molecular formula is C23H26N6O. The first-order chi connectivity index (χ1) is 14.7. The van der Waals surface area contributed by atoms with Gasteiger partial charge in [-0.3, -0.25) is 4.79 Å². The first-order valence-electron chi connectivity index (χ1n) is 10.7. The molecule has 7 heteroatoms. The van der Waals surface area contributed by atoms with Crippen molar-refractivity contribution in [1.29, 1.82) is 0 Å². The van der Waals surface area contributed by atoms with Crippen molar-refractivity contribution in [3.05, 3.63) is 65.2 Å². The third kappa shape index (κ3) is 3.56. The summed E-state index contributed by atoms with van der Waals surface area (Å²) in [5.41, 5.74) is 5.09. The Hall–Kier alpha value is -3.22. The molecule has 3 heterocycles. The molecule has 1 unspecified atom stereocenters. The van der Waals surface area contributed by atoms with Crippen molar-refractivity contribution < 1.29 is 4.79 Å². The Kier molecular flexibility index (Phi) is 4.94. The van der Waals surface area contributed by atoms with E-state index in [2.05, 4.69) is 51.4 Å². The molecule has 1 N–H and O–H groups in total. The molecule has 0 saturated carbocycles. The van der Waals surface area contributed by atoms with Crippen LogP contribution in [0.1, 0.15) is 46.6 Å². The van der Waals surface area contributed by atoms with Crippen molar-refractivity contribution in [2.75, 3.05) is 18.0 Å². The predicted octanol–water partition coefficient (Wildman–Crippen LogP) is 2.86. The van der Waals surface area contributed by atoms with E-state index in [0.717, 1.165) is 62.4 Å². The highest BCUT2D eigenvalue weighted by Gasteiger charge is 2.29. The van der Waals surface area contributed by atoms with E-state index in [-0.39, 0.29) is 11.9 Å². The quantitative estimate of drug-likeness (QED) is 0.726. The molecule has 154 valence electrons. The largest absolute Gasteiger partial charge is 0.346 e. The molecule has 1 aliphatic heterocycles. The van der Waals surface area contributed by atoms with Crippen LogP contribution >= 0.6 is 0 Å². The number of nitrogens with one attached hydrogen (secondary N) is 1. The second-order valence-electron chi connectivity index (χ2n) is 8.18. The number of hydrogen-bond acceptors (Lipinski definition) is 5. The van der Waals surface area contributed by atoms with Gasteiger partial charge in [-0.1, -0.05) is 17.7 Å². The Morgan fingerprint density at radius 1 is 1.10 bits per heavy atom. The van der Waals surface area contributed by atoms with Gasteiger partial charge in [0.1, 0.15) is 0 Å². The second kappa shape index (κ2) is 7.89. The maximum atomic E-state index is 13.2. The van der Waals surface area contributed by atoms with Crippen LogP contribution in [0.4, 0.5) is 5.95 Å². The minimum absolute atomic E-state index is 0.0663. The van der Waals surface area contributed by atoms with E-state index >= 15 is 0 Å². The summed E-state index contributed by atoms with van der Waals surface area (Å²) in [4.78, 5) is 24.0. The van der Waals surface area contributed by atoms with Crippen LogP contribution < -0.4 is 10.2 Å². The summed E-state index contributed by atoms with van der Waals surface area (Å²) in [6.07, 6.45) is 8.42. The van der Waals surface area contributed by atoms with Crippen molar-refractivity contribution in [2.45, 2.75) is 45.1 Å². The number of aromatic nitrogens is 4. The van der Waals surface area contributed by atoms with Crippen LogP contribution in [0.5, 0.6) is 0 Å². The van der Waals surface area contributed by atoms with Gasteiger partial charge in [0.15, 0.2) is 5.69 Å². The van der Waals surface area contributed by atoms with Gasteiger partial charge in [-0.25, -0.2) is 14.6 Å². The van der Waals surface area contributed by atoms with Crippen LogP contribution in [0.2, 0.25) is 0 Å². The number of piperidine rings is 1. The maximum absolute atomic E-state index is 13.2. The van der Waals surface area contributed by atoms with Crippen molar-refractivity contribution in [1.82, 2.24) is 25.1 Å². The number of benzene rings is 1. The fraction of sp³-hybridized carbons (Fsp3) is 0.391. The zero-order chi connectivity index (χ0) is 20.5. The predicted molar refractivity (Wildman–Crippen MR) is 115 cm³/mol. The molecule has 7 nitrogen and oxygen atoms in total. The Morgan fingerprint density at radius 2 is 1.90 bits per heavy atom. The van der Waals surface area contributed by atoms with Gasteiger partial charge in [0.05, 0.1) is 5.69 Å². The first kappa shape index (κ1) is 18.8. The smallest absolute Gasteiger partial charge is 0.272 e. The Balaban J connectivity index is 1.35. The van der Waals surface area contributed by atoms with Gasteiger partial charge >= 0.3 is 0 Å². The third-order valence-corrected chi connectivity index (χ3v) is 6.02. The molecule has 2 aliphatic rings. The highest BCUT2D eigenvalue weighted by atomic mass is 16.2. The molecule has 1 aromatic carbocycles. The van der Waals surface area contributed by atoms with Gasteiger partial charge in [0.25, 0.3) is 5.91 Å². The van der Waals surface area contributed by atoms with Gasteiger partial charge in [0, 0.05) is 42.8 Å². The average Bonchev–Trinajstić information content (AvgIpc) is 3.38. The molecule has 30 heavy (non-hydrogen) atoms. The van der Waals surface area contributed by atoms with Gasteiger partial charge in [-0.05, 0) is 57.2 Å². The van der Waals surface area contributed by atoms with E-state index in [1.165, 1.54) is 11.3 Å². The summed E-state index contributed by atoms with van der Waals surface area (Å²) >= 11 is 0. The number of rotatable bonds is 4. The molecule has 0 spiro atoms. The van der Waals surface area contributed by atoms with E-state index < -0.39 is 0 Å². The molecule has 0 bridgehead atoms. The molecule has 1 fully saturated rings. The van der Waals surface area contributed by atoms with E-state index in [0.29, 0.717) is 5.69 Å². The third-order valence-electron chi connectivity index (χ3n) is 6.02. The Labute approximate surface area is 176 Å². The zero-order valence-corrected chi connectivity index (χ0v) is 17.2. The maximum Gasteiger partial charge on any atom is 0.272 e. The molecule has 5 rings (SSSR count). The van der Waals surface area contributed by atoms with Crippen molar-refractivity contribution >= 4 is 11.9 Å². The minimum Gasteiger partial charge on any atom is -0.346 e. The number of carbonyl (C=O) groups excluding carboxylic acids is 1. The van der Waals surface area contributed by atoms with Crippen LogP contribution in [0.25, 0.3) is 5.69 Å². The van der Waals surface area contributed by atoms with E-state index in [4.69, 9.17) is 5.10 Å². The molecule has 3 aromatic rings. The summed E-state index contributed by atoms with van der Waals surface area (Å²) < 4.78 is 1.96. The molecule has 2 aromatic heterocycles. The first-order valence-corrected chi connectivity index (χ1v) is 10.7. The van der Waals surface area contributed by atoms with Crippen LogP contribution in [0, 0.1) is 6.92 Å². The second-order valence-corrected chi connectivity index (χ2v) is 8.18. The number of hydrogen-bond donors (Lipinski definition) is 1. The lowest BCUT2D eigenvalue weighted by Gasteiger charge is -2.33. The summed E-state index contributed by atoms with van der Waals surface area (Å²) in [7, 11) is 0. The molecule has 1 atom stereocenters. The van der Waals surface area contributed by atoms with Gasteiger partial charge in [-0.2, -0.15) is 5.10 Å². The SMILES string of the molecule is Cc1ccc(-n2nc(C(=O)NC3CCCN(c4ncccn4)C3)c3c2CCC3)cc1. The number of nitrogens with zero attached hydrogens (tertiary/aromatic N) is 5. The van der Waals surface area contributed by atoms with Gasteiger partial charge in [0.2, 0.25) is 5.95 Å². The van der Waals surface area contributed by atoms with Gasteiger partial charge < -0.3 is 10.2 Å². The zero-order valence-electron chi connectivity index (χ0n) is 17.2. The Bertz CT molecular complexity index is 1040. The topological polar surface area (TPSA) is 75.9 Å². The summed E-state index contributed by atoms with van der Waals surface area (Å²) in [6.45, 7) is 3.70. The van der Waals surface area contributed by atoms with E-state index in [1.807, 2.05) is 10.7 Å². The normalized spacial score (nSPS) is 18.3. The van der Waals surface area contributed by atoms with Crippen LogP contribution in [-0.4, -0.2) is 44.8 Å². The standard InChI is InChI=1S/C23H26N6O/c1-16-8-10-18(11-9-16)29-20-7-2-6-19(20)21(27-29)22(30)26-17-5-3-14-28(15-17)23-24-12-4-13-25-23/h4,8-13,17H,2-3,5-7,14-15H2,1H3,(H,26,30). The summed E-state index contributed by atoms with van der Waals surface area (Å²) in [5, 5.41) is 7.97. The highest BCUT2D eigenvalue weighted by Crippen LogP contribution is 2.28. The Morgan fingerprint density at radius 3 is 2.70 bits per heavy atom. The van der Waals surface area contributed by atoms with Crippen molar-refractivity contribution in [2.24, 2.45) is 0 Å². The monoisotopic (exact) mass is 402 g/mol. The summed E-state index contributed by atoms with van der Waals surface area (Å²) in [5.74, 6) is 0.654. The molecular weight excluding hydrogens is 376 g/mol. The lowest BCUT2D eigenvalue weighted by Crippen LogP contribution is -2.48. The minimum atomic E-state index is -0.0696. The molecule has 1 saturated heterocycles. The van der Waals surface area contributed by atoms with E-state index in [1.54, 1.807) is 12.4 Å². The number of aryl methyl sites for hydroxylation is 1. The van der Waals surface area contributed by atoms with Crippen molar-refractivity contribution in [3.63, 3.8) is 0 Å². The number of amides is 1. The lowest BCUT2D eigenvalue weighted by atomic mass is 10.1. The fourth-order valence-electron chi connectivity index (χ4n) is 4.50. The summed E-state index contributed by atoms with van der Waals surface area (Å²) in [6, 6.07) is 10.2. The fourth-order valence-corrected chi connectivity index (χ4v) is 4.50. The highest BCUT2D eigenvalue weighted by molar-refractivity contribution is 5.94. The van der Waals surface area contributed by atoms with Crippen LogP contribution in [0.15, 0.2) is 42.7 Å². The molecule has 1 aliphatic carbocycles. The van der Waals surface area contributed by atoms with Crippen LogP contribution in [0.3, 0.4) is 0 Å². The molecule has 1 amide bonds.